The normalized spacial score (nSPS) is 36.5. The molecule has 2 aliphatic carbocycles. The van der Waals surface area contributed by atoms with E-state index in [1.165, 1.54) is 0 Å². The predicted molar refractivity (Wildman–Crippen MR) is 81.0 cm³/mol. The van der Waals surface area contributed by atoms with Crippen LogP contribution >= 0.6 is 0 Å². The molecule has 0 spiro atoms. The SMILES string of the molecule is CC1(C)[C@H]2CC[C@]1(CS(=O)(=O)O[BH2-][N+](C)(C)C)[C@@H](O)C2. The molecule has 2 saturated carbocycles. The van der Waals surface area contributed by atoms with Crippen LogP contribution in [0.25, 0.3) is 0 Å². The molecule has 0 aromatic rings. The van der Waals surface area contributed by atoms with Gasteiger partial charge in [0.15, 0.2) is 0 Å². The molecule has 0 heterocycles. The number of nitrogens with zero attached hydrogens (tertiary/aromatic N) is 1. The summed E-state index contributed by atoms with van der Waals surface area (Å²) >= 11 is 0. The molecular formula is C13H28BNO4S. The summed E-state index contributed by atoms with van der Waals surface area (Å²) in [7, 11) is 1.18. The second kappa shape index (κ2) is 4.70. The lowest BCUT2D eigenvalue weighted by molar-refractivity contribution is -0.761. The van der Waals surface area contributed by atoms with E-state index in [0.29, 0.717) is 10.3 Å². The van der Waals surface area contributed by atoms with Crippen LogP contribution < -0.4 is 0 Å². The molecule has 20 heavy (non-hydrogen) atoms. The van der Waals surface area contributed by atoms with Crippen LogP contribution in [0, 0.1) is 16.7 Å². The summed E-state index contributed by atoms with van der Waals surface area (Å²) in [6.45, 7) is 4.21. The average molecular weight is 305 g/mol. The molecule has 0 radical (unpaired) electrons. The molecule has 0 aromatic heterocycles. The Hall–Kier alpha value is -0.105. The van der Waals surface area contributed by atoms with Crippen LogP contribution in [0.4, 0.5) is 0 Å². The number of aliphatic hydroxyl groups excluding tert-OH is 1. The second-order valence-electron chi connectivity index (χ2n) is 8.60. The zero-order chi connectivity index (χ0) is 15.4. The van der Waals surface area contributed by atoms with Gasteiger partial charge in [0.05, 0.1) is 11.9 Å². The number of aliphatic hydroxyl groups is 1. The van der Waals surface area contributed by atoms with Gasteiger partial charge in [-0.1, -0.05) is 13.8 Å². The summed E-state index contributed by atoms with van der Waals surface area (Å²) < 4.78 is 30.5. The summed E-state index contributed by atoms with van der Waals surface area (Å²) in [5.74, 6) is 0.399. The second-order valence-corrected chi connectivity index (χ2v) is 10.3. The van der Waals surface area contributed by atoms with Gasteiger partial charge in [-0.3, -0.25) is 0 Å². The molecular weight excluding hydrogens is 277 g/mol. The maximum Gasteiger partial charge on any atom is 0.323 e. The summed E-state index contributed by atoms with van der Waals surface area (Å²) in [6.07, 6.45) is 2.02. The molecule has 0 aromatic carbocycles. The first-order valence-electron chi connectivity index (χ1n) is 7.50. The van der Waals surface area contributed by atoms with Gasteiger partial charge < -0.3 is 13.6 Å². The van der Waals surface area contributed by atoms with Gasteiger partial charge >= 0.3 is 7.62 Å². The van der Waals surface area contributed by atoms with Crippen LogP contribution in [0.3, 0.4) is 0 Å². The minimum absolute atomic E-state index is 0.0336. The van der Waals surface area contributed by atoms with Crippen molar-refractivity contribution in [1.82, 2.24) is 0 Å². The molecule has 3 atom stereocenters. The van der Waals surface area contributed by atoms with Gasteiger partial charge in [-0.2, -0.15) is 0 Å². The molecule has 7 heteroatoms. The Bertz CT molecular complexity index is 485. The van der Waals surface area contributed by atoms with Crippen LogP contribution in [-0.2, 0) is 14.2 Å². The molecule has 2 rings (SSSR count). The van der Waals surface area contributed by atoms with Crippen molar-refractivity contribution in [3.8, 4) is 0 Å². The molecule has 0 saturated heterocycles. The quantitative estimate of drug-likeness (QED) is 0.738. The molecule has 118 valence electrons. The van der Waals surface area contributed by atoms with E-state index in [1.807, 2.05) is 21.1 Å². The minimum atomic E-state index is -3.57. The van der Waals surface area contributed by atoms with Crippen molar-refractivity contribution in [1.29, 1.82) is 0 Å². The Morgan fingerprint density at radius 3 is 2.35 bits per heavy atom. The van der Waals surface area contributed by atoms with Crippen molar-refractivity contribution in [3.05, 3.63) is 0 Å². The Kier molecular flexibility index (Phi) is 3.82. The van der Waals surface area contributed by atoms with E-state index in [4.69, 9.17) is 4.10 Å². The monoisotopic (exact) mass is 305 g/mol. The van der Waals surface area contributed by atoms with Crippen molar-refractivity contribution in [3.63, 3.8) is 0 Å². The van der Waals surface area contributed by atoms with Crippen molar-refractivity contribution in [2.75, 3.05) is 26.9 Å². The smallest absolute Gasteiger partial charge is 0.323 e. The zero-order valence-corrected chi connectivity index (χ0v) is 14.3. The van der Waals surface area contributed by atoms with Crippen LogP contribution in [0.1, 0.15) is 33.1 Å². The first kappa shape index (κ1) is 16.3. The van der Waals surface area contributed by atoms with Crippen LogP contribution in [0.5, 0.6) is 0 Å². The molecule has 2 fully saturated rings. The fraction of sp³-hybridized carbons (Fsp3) is 1.00. The van der Waals surface area contributed by atoms with E-state index in [-0.39, 0.29) is 11.2 Å². The maximum atomic E-state index is 12.3. The summed E-state index contributed by atoms with van der Waals surface area (Å²) in [5.41, 5.74) is -0.646. The van der Waals surface area contributed by atoms with Crippen LogP contribution in [-0.4, -0.2) is 58.5 Å². The van der Waals surface area contributed by atoms with Crippen molar-refractivity contribution < 1.29 is 22.0 Å². The van der Waals surface area contributed by atoms with Gasteiger partial charge in [0.1, 0.15) is 0 Å². The van der Waals surface area contributed by atoms with Gasteiger partial charge in [0.2, 0.25) is 10.1 Å². The summed E-state index contributed by atoms with van der Waals surface area (Å²) in [6, 6.07) is 0. The average Bonchev–Trinajstić information content (AvgIpc) is 2.59. The number of hydrogen-bond acceptors (Lipinski definition) is 4. The van der Waals surface area contributed by atoms with Crippen molar-refractivity contribution in [2.24, 2.45) is 16.7 Å². The lowest BCUT2D eigenvalue weighted by Gasteiger charge is -2.41. The zero-order valence-electron chi connectivity index (χ0n) is 13.5. The van der Waals surface area contributed by atoms with Crippen molar-refractivity contribution in [2.45, 2.75) is 39.2 Å². The van der Waals surface area contributed by atoms with Crippen LogP contribution in [0.15, 0.2) is 0 Å². The van der Waals surface area contributed by atoms with Gasteiger partial charge in [0, 0.05) is 26.6 Å². The van der Waals surface area contributed by atoms with Gasteiger partial charge in [-0.15, -0.1) is 0 Å². The van der Waals surface area contributed by atoms with E-state index >= 15 is 0 Å². The molecule has 2 aliphatic rings. The topological polar surface area (TPSA) is 63.6 Å². The van der Waals surface area contributed by atoms with Crippen LogP contribution in [0.2, 0.25) is 0 Å². The highest BCUT2D eigenvalue weighted by molar-refractivity contribution is 7.87. The van der Waals surface area contributed by atoms with E-state index in [0.717, 1.165) is 19.3 Å². The fourth-order valence-corrected chi connectivity index (χ4v) is 6.22. The summed E-state index contributed by atoms with van der Waals surface area (Å²) in [4.78, 5) is 0. The first-order valence-corrected chi connectivity index (χ1v) is 9.08. The van der Waals surface area contributed by atoms with E-state index in [2.05, 4.69) is 13.8 Å². The van der Waals surface area contributed by atoms with Gasteiger partial charge in [-0.05, 0) is 30.6 Å². The number of fused-ring (bicyclic) bond motifs is 2. The molecule has 0 amide bonds. The standard InChI is InChI=1S/C13H28BNO4S/c1-12(2)10-6-7-13(12,11(16)8-10)9-20(17,18)19-14-15(3,4)5/h10-11,16H,6-9,14H2,1-5H3/t10-,11-,13-/m0/s1. The third-order valence-electron chi connectivity index (χ3n) is 5.70. The van der Waals surface area contributed by atoms with E-state index in [1.54, 1.807) is 0 Å². The van der Waals surface area contributed by atoms with E-state index < -0.39 is 29.3 Å². The number of rotatable bonds is 5. The Labute approximate surface area is 123 Å². The lowest BCUT2D eigenvalue weighted by Crippen LogP contribution is -2.47. The number of hydrogen-bond donors (Lipinski definition) is 1. The summed E-state index contributed by atoms with van der Waals surface area (Å²) in [5, 5.41) is 10.4. The van der Waals surface area contributed by atoms with Gasteiger partial charge in [-0.25, -0.2) is 8.42 Å². The Morgan fingerprint density at radius 2 is 1.95 bits per heavy atom. The fourth-order valence-electron chi connectivity index (χ4n) is 4.09. The maximum absolute atomic E-state index is 12.3. The Morgan fingerprint density at radius 1 is 1.35 bits per heavy atom. The highest BCUT2D eigenvalue weighted by atomic mass is 32.2. The predicted octanol–water partition coefficient (Wildman–Crippen LogP) is 0.225. The largest absolute Gasteiger partial charge is 0.503 e. The Balaban J connectivity index is 2.16. The van der Waals surface area contributed by atoms with Gasteiger partial charge in [0.25, 0.3) is 0 Å². The third kappa shape index (κ3) is 2.65. The minimum Gasteiger partial charge on any atom is -0.503 e. The third-order valence-corrected chi connectivity index (χ3v) is 7.22. The molecule has 0 unspecified atom stereocenters. The molecule has 2 bridgehead atoms. The lowest BCUT2D eigenvalue weighted by atomic mass is 9.70. The highest BCUT2D eigenvalue weighted by Crippen LogP contribution is 2.66. The van der Waals surface area contributed by atoms with E-state index in [9.17, 15) is 13.5 Å². The van der Waals surface area contributed by atoms with Crippen molar-refractivity contribution >= 4 is 17.7 Å². The molecule has 0 aliphatic heterocycles. The molecule has 1 N–H and O–H groups in total. The highest BCUT2D eigenvalue weighted by Gasteiger charge is 2.64. The molecule has 5 nitrogen and oxygen atoms in total. The number of quaternary nitrogens is 1. The first-order chi connectivity index (χ1) is 8.90.